The molecule has 9 heteroatoms. The first kappa shape index (κ1) is 26.0. The predicted octanol–water partition coefficient (Wildman–Crippen LogP) is 2.71. The highest BCUT2D eigenvalue weighted by Gasteiger charge is 2.34. The number of rotatable bonds is 10. The van der Waals surface area contributed by atoms with Crippen molar-refractivity contribution in [2.75, 3.05) is 6.54 Å². The smallest absolute Gasteiger partial charge is 0.282 e. The predicted molar refractivity (Wildman–Crippen MR) is 137 cm³/mol. The molecule has 192 valence electrons. The first-order valence-corrected chi connectivity index (χ1v) is 12.1. The van der Waals surface area contributed by atoms with E-state index in [9.17, 15) is 29.9 Å². The summed E-state index contributed by atoms with van der Waals surface area (Å²) in [5, 5.41) is 38.0. The molecule has 1 aliphatic carbocycles. The lowest BCUT2D eigenvalue weighted by molar-refractivity contribution is -0.385. The fourth-order valence-electron chi connectivity index (χ4n) is 4.74. The molecule has 1 aliphatic rings. The Morgan fingerprint density at radius 1 is 1.00 bits per heavy atom. The third kappa shape index (κ3) is 6.38. The fraction of sp³-hybridized carbons (Fsp3) is 0.286. The van der Waals surface area contributed by atoms with Gasteiger partial charge in [0.1, 0.15) is 5.56 Å². The van der Waals surface area contributed by atoms with Gasteiger partial charge in [-0.25, -0.2) is 0 Å². The second kappa shape index (κ2) is 11.8. The summed E-state index contributed by atoms with van der Waals surface area (Å²) in [6.07, 6.45) is -0.976. The molecule has 0 aromatic heterocycles. The Morgan fingerprint density at radius 3 is 2.43 bits per heavy atom. The van der Waals surface area contributed by atoms with Crippen molar-refractivity contribution in [3.05, 3.63) is 111 Å². The van der Waals surface area contributed by atoms with E-state index >= 15 is 0 Å². The summed E-state index contributed by atoms with van der Waals surface area (Å²) in [6, 6.07) is 22.0. The Kier molecular flexibility index (Phi) is 8.27. The van der Waals surface area contributed by atoms with Crippen LogP contribution in [0.25, 0.3) is 0 Å². The van der Waals surface area contributed by atoms with E-state index in [2.05, 4.69) is 10.6 Å². The molecule has 4 rings (SSSR count). The largest absolute Gasteiger partial charge is 0.391 e. The maximum Gasteiger partial charge on any atom is 0.282 e. The SMILES string of the molecule is O=C(NC[C@@H](O)C[C@@H](Cc1ccccc1)C(=O)N[C@H]1c2ccccc2C[C@H]1O)c1ccccc1[N+](=O)[O-]. The Hall–Kier alpha value is -4.08. The maximum absolute atomic E-state index is 13.4. The van der Waals surface area contributed by atoms with Gasteiger partial charge >= 0.3 is 0 Å². The lowest BCUT2D eigenvalue weighted by Crippen LogP contribution is -2.41. The van der Waals surface area contributed by atoms with Gasteiger partial charge in [0.15, 0.2) is 0 Å². The molecule has 0 spiro atoms. The first-order valence-electron chi connectivity index (χ1n) is 12.1. The molecule has 9 nitrogen and oxygen atoms in total. The van der Waals surface area contributed by atoms with E-state index in [4.69, 9.17) is 0 Å². The molecule has 0 saturated carbocycles. The Morgan fingerprint density at radius 2 is 1.68 bits per heavy atom. The van der Waals surface area contributed by atoms with Crippen molar-refractivity contribution in [1.82, 2.24) is 10.6 Å². The number of hydrogen-bond donors (Lipinski definition) is 4. The van der Waals surface area contributed by atoms with E-state index in [1.54, 1.807) is 0 Å². The van der Waals surface area contributed by atoms with Crippen molar-refractivity contribution < 1.29 is 24.7 Å². The van der Waals surface area contributed by atoms with E-state index in [-0.39, 0.29) is 30.1 Å². The summed E-state index contributed by atoms with van der Waals surface area (Å²) in [5.74, 6) is -1.63. The highest BCUT2D eigenvalue weighted by molar-refractivity contribution is 5.98. The number of nitrogens with one attached hydrogen (secondary N) is 2. The van der Waals surface area contributed by atoms with Crippen LogP contribution in [0.5, 0.6) is 0 Å². The Balaban J connectivity index is 1.43. The molecule has 0 unspecified atom stereocenters. The number of benzene rings is 3. The zero-order chi connectivity index (χ0) is 26.4. The molecule has 4 N–H and O–H groups in total. The number of carbonyl (C=O) groups excluding carboxylic acids is 2. The average molecular weight is 504 g/mol. The third-order valence-corrected chi connectivity index (χ3v) is 6.60. The lowest BCUT2D eigenvalue weighted by atomic mass is 9.92. The summed E-state index contributed by atoms with van der Waals surface area (Å²) in [7, 11) is 0. The van der Waals surface area contributed by atoms with Gasteiger partial charge < -0.3 is 20.8 Å². The van der Waals surface area contributed by atoms with Gasteiger partial charge in [-0.3, -0.25) is 19.7 Å². The first-order chi connectivity index (χ1) is 17.8. The molecule has 2 amide bonds. The van der Waals surface area contributed by atoms with Gasteiger partial charge in [0.05, 0.1) is 23.2 Å². The number of hydrogen-bond acceptors (Lipinski definition) is 6. The van der Waals surface area contributed by atoms with Crippen molar-refractivity contribution in [2.24, 2.45) is 5.92 Å². The Bertz CT molecular complexity index is 1270. The van der Waals surface area contributed by atoms with Crippen LogP contribution >= 0.6 is 0 Å². The van der Waals surface area contributed by atoms with Crippen LogP contribution in [-0.2, 0) is 17.6 Å². The molecule has 3 aromatic rings. The summed E-state index contributed by atoms with van der Waals surface area (Å²) in [5.41, 5.74) is 2.33. The monoisotopic (exact) mass is 503 g/mol. The average Bonchev–Trinajstić information content (AvgIpc) is 3.22. The van der Waals surface area contributed by atoms with E-state index in [1.165, 1.54) is 24.3 Å². The quantitative estimate of drug-likeness (QED) is 0.248. The number of amides is 2. The van der Waals surface area contributed by atoms with Crippen LogP contribution in [0.15, 0.2) is 78.9 Å². The molecule has 4 atom stereocenters. The minimum Gasteiger partial charge on any atom is -0.391 e. The lowest BCUT2D eigenvalue weighted by Gasteiger charge is -2.24. The van der Waals surface area contributed by atoms with E-state index in [0.29, 0.717) is 12.8 Å². The summed E-state index contributed by atoms with van der Waals surface area (Å²) in [4.78, 5) is 36.5. The van der Waals surface area contributed by atoms with Crippen LogP contribution < -0.4 is 10.6 Å². The summed E-state index contributed by atoms with van der Waals surface area (Å²) < 4.78 is 0. The second-order valence-corrected chi connectivity index (χ2v) is 9.22. The number of nitro benzene ring substituents is 1. The molecule has 0 aliphatic heterocycles. The Labute approximate surface area is 214 Å². The van der Waals surface area contributed by atoms with Gasteiger partial charge in [-0.1, -0.05) is 66.7 Å². The van der Waals surface area contributed by atoms with Crippen LogP contribution in [0.3, 0.4) is 0 Å². The maximum atomic E-state index is 13.4. The van der Waals surface area contributed by atoms with Crippen LogP contribution in [0.1, 0.15) is 39.5 Å². The normalized spacial score (nSPS) is 17.9. The molecular weight excluding hydrogens is 474 g/mol. The standard InChI is InChI=1S/C28H29N3O6/c32-21(17-29-28(35)23-12-6-7-13-24(23)31(36)37)15-20(14-18-8-2-1-3-9-18)27(34)30-26-22-11-5-4-10-19(22)16-25(26)33/h1-13,20-21,25-26,32-33H,14-17H2,(H,29,35)(H,30,34)/t20-,21+,25-,26+/m1/s1. The molecule has 3 aromatic carbocycles. The van der Waals surface area contributed by atoms with Gasteiger partial charge in [-0.2, -0.15) is 0 Å². The van der Waals surface area contributed by atoms with Gasteiger partial charge in [-0.05, 0) is 35.6 Å². The molecule has 0 heterocycles. The highest BCUT2D eigenvalue weighted by Crippen LogP contribution is 2.32. The van der Waals surface area contributed by atoms with Crippen molar-refractivity contribution >= 4 is 17.5 Å². The van der Waals surface area contributed by atoms with Crippen molar-refractivity contribution in [3.8, 4) is 0 Å². The number of aliphatic hydroxyl groups excluding tert-OH is 2. The van der Waals surface area contributed by atoms with Crippen molar-refractivity contribution in [3.63, 3.8) is 0 Å². The van der Waals surface area contributed by atoms with Gasteiger partial charge in [0.2, 0.25) is 5.91 Å². The highest BCUT2D eigenvalue weighted by atomic mass is 16.6. The molecule has 0 saturated heterocycles. The van der Waals surface area contributed by atoms with Crippen LogP contribution in [0.2, 0.25) is 0 Å². The number of aliphatic hydroxyl groups is 2. The molecule has 0 bridgehead atoms. The zero-order valence-electron chi connectivity index (χ0n) is 20.1. The minimum absolute atomic E-state index is 0.0440. The number of carbonyl (C=O) groups is 2. The van der Waals surface area contributed by atoms with E-state index in [1.807, 2.05) is 54.6 Å². The van der Waals surface area contributed by atoms with Crippen LogP contribution in [-0.4, -0.2) is 45.7 Å². The van der Waals surface area contributed by atoms with Crippen molar-refractivity contribution in [2.45, 2.75) is 37.5 Å². The van der Waals surface area contributed by atoms with E-state index < -0.39 is 35.0 Å². The summed E-state index contributed by atoms with van der Waals surface area (Å²) in [6.45, 7) is -0.182. The fourth-order valence-corrected chi connectivity index (χ4v) is 4.74. The molecule has 0 fully saturated rings. The topological polar surface area (TPSA) is 142 Å². The van der Waals surface area contributed by atoms with E-state index in [0.717, 1.165) is 16.7 Å². The summed E-state index contributed by atoms with van der Waals surface area (Å²) >= 11 is 0. The number of para-hydroxylation sites is 1. The number of fused-ring (bicyclic) bond motifs is 1. The van der Waals surface area contributed by atoms with Gasteiger partial charge in [0.25, 0.3) is 11.6 Å². The van der Waals surface area contributed by atoms with Crippen LogP contribution in [0.4, 0.5) is 5.69 Å². The molecular formula is C28H29N3O6. The molecule has 37 heavy (non-hydrogen) atoms. The number of nitrogens with zero attached hydrogens (tertiary/aromatic N) is 1. The minimum atomic E-state index is -1.08. The van der Waals surface area contributed by atoms with Gasteiger partial charge in [0, 0.05) is 24.9 Å². The zero-order valence-corrected chi connectivity index (χ0v) is 20.1. The van der Waals surface area contributed by atoms with Crippen LogP contribution in [0, 0.1) is 16.0 Å². The second-order valence-electron chi connectivity index (χ2n) is 9.22. The molecule has 0 radical (unpaired) electrons. The number of nitro groups is 1. The van der Waals surface area contributed by atoms with Gasteiger partial charge in [-0.15, -0.1) is 0 Å². The third-order valence-electron chi connectivity index (χ3n) is 6.60. The van der Waals surface area contributed by atoms with Crippen molar-refractivity contribution in [1.29, 1.82) is 0 Å².